The Morgan fingerprint density at radius 2 is 1.86 bits per heavy atom. The van der Waals surface area contributed by atoms with Gasteiger partial charge in [-0.1, -0.05) is 34.8 Å². The van der Waals surface area contributed by atoms with Crippen molar-refractivity contribution >= 4 is 51.5 Å². The van der Waals surface area contributed by atoms with Crippen molar-refractivity contribution in [1.29, 1.82) is 0 Å². The molecule has 0 heterocycles. The molecule has 2 N–H and O–H groups in total. The summed E-state index contributed by atoms with van der Waals surface area (Å²) >= 11 is 17.2. The molecule has 21 heavy (non-hydrogen) atoms. The molecule has 0 aromatic heterocycles. The van der Waals surface area contributed by atoms with Gasteiger partial charge in [0.2, 0.25) is 0 Å². The number of aliphatic hydroxyl groups is 1. The molecule has 0 spiro atoms. The van der Waals surface area contributed by atoms with Gasteiger partial charge < -0.3 is 5.11 Å². The number of aliphatic hydroxyl groups excluding tert-OH is 1. The topological polar surface area (TPSA) is 78.8 Å². The predicted molar refractivity (Wildman–Crippen MR) is 85.6 cm³/mol. The molecule has 0 aliphatic rings. The first-order chi connectivity index (χ1) is 9.67. The van der Waals surface area contributed by atoms with Crippen LogP contribution in [-0.2, 0) is 10.0 Å². The van der Waals surface area contributed by atoms with Crippen LogP contribution in [0.1, 0.15) is 6.92 Å². The van der Waals surface area contributed by atoms with Crippen LogP contribution in [0.4, 0.5) is 0 Å². The minimum absolute atomic E-state index is 0.0870. The number of nitrogens with zero attached hydrogens (tertiary/aromatic N) is 1. The second-order valence-electron chi connectivity index (χ2n) is 3.84. The average molecular weight is 370 g/mol. The molecule has 0 saturated heterocycles. The molecule has 0 unspecified atom stereocenters. The van der Waals surface area contributed by atoms with Gasteiger partial charge in [0.25, 0.3) is 10.0 Å². The highest BCUT2D eigenvalue weighted by Gasteiger charge is 2.18. The average Bonchev–Trinajstić information content (AvgIpc) is 2.36. The van der Waals surface area contributed by atoms with Crippen LogP contribution >= 0.6 is 34.8 Å². The minimum atomic E-state index is -3.97. The molecule has 0 saturated carbocycles. The van der Waals surface area contributed by atoms with Crippen LogP contribution in [0.3, 0.4) is 0 Å². The van der Waals surface area contributed by atoms with Gasteiger partial charge in [0.1, 0.15) is 5.03 Å². The van der Waals surface area contributed by atoms with Crippen LogP contribution in [0.2, 0.25) is 10.0 Å². The summed E-state index contributed by atoms with van der Waals surface area (Å²) in [6.45, 7) is 4.50. The third kappa shape index (κ3) is 4.93. The lowest BCUT2D eigenvalue weighted by molar-refractivity contribution is 0.419. The van der Waals surface area contributed by atoms with Crippen LogP contribution in [0.25, 0.3) is 0 Å². The van der Waals surface area contributed by atoms with Crippen LogP contribution < -0.4 is 4.72 Å². The Morgan fingerprint density at radius 1 is 1.33 bits per heavy atom. The number of rotatable bonds is 5. The summed E-state index contributed by atoms with van der Waals surface area (Å²) in [6.07, 6.45) is 1.07. The van der Waals surface area contributed by atoms with Crippen LogP contribution in [0, 0.1) is 0 Å². The highest BCUT2D eigenvalue weighted by Crippen LogP contribution is 2.23. The largest absolute Gasteiger partial charge is 0.505 e. The van der Waals surface area contributed by atoms with Gasteiger partial charge in [-0.25, -0.2) is 8.42 Å². The minimum Gasteiger partial charge on any atom is -0.505 e. The van der Waals surface area contributed by atoms with E-state index in [0.29, 0.717) is 0 Å². The number of allylic oxidation sites excluding steroid dienone is 2. The van der Waals surface area contributed by atoms with Crippen LogP contribution in [-0.4, -0.2) is 20.2 Å². The molecule has 0 bridgehead atoms. The fourth-order valence-corrected chi connectivity index (χ4v) is 3.36. The fraction of sp³-hybridized carbons (Fsp3) is 0.0833. The SMILES string of the molecule is C=N/C=C(Cl)\C(O)=C(/C)NS(=O)(=O)c1cc(Cl)cc(Cl)c1. The molecule has 114 valence electrons. The van der Waals surface area contributed by atoms with E-state index in [2.05, 4.69) is 16.4 Å². The van der Waals surface area contributed by atoms with E-state index in [0.717, 1.165) is 6.20 Å². The van der Waals surface area contributed by atoms with E-state index in [-0.39, 0.29) is 25.7 Å². The summed E-state index contributed by atoms with van der Waals surface area (Å²) in [5, 5.41) is 9.93. The van der Waals surface area contributed by atoms with E-state index in [1.54, 1.807) is 0 Å². The first-order valence-electron chi connectivity index (χ1n) is 5.38. The lowest BCUT2D eigenvalue weighted by Crippen LogP contribution is -2.23. The first-order valence-corrected chi connectivity index (χ1v) is 7.99. The molecule has 5 nitrogen and oxygen atoms in total. The lowest BCUT2D eigenvalue weighted by atomic mass is 10.4. The highest BCUT2D eigenvalue weighted by atomic mass is 35.5. The highest BCUT2D eigenvalue weighted by molar-refractivity contribution is 7.89. The van der Waals surface area contributed by atoms with Crippen molar-refractivity contribution in [3.8, 4) is 0 Å². The molecule has 0 fully saturated rings. The Labute approximate surface area is 137 Å². The third-order valence-corrected chi connectivity index (χ3v) is 4.36. The van der Waals surface area contributed by atoms with Gasteiger partial charge >= 0.3 is 0 Å². The number of halogens is 3. The zero-order chi connectivity index (χ0) is 16.2. The molecule has 0 radical (unpaired) electrons. The Kier molecular flexibility index (Phi) is 6.10. The van der Waals surface area contributed by atoms with Gasteiger partial charge in [-0.15, -0.1) is 0 Å². The second kappa shape index (κ2) is 7.17. The van der Waals surface area contributed by atoms with Gasteiger partial charge in [0.05, 0.1) is 10.6 Å². The van der Waals surface area contributed by atoms with Gasteiger partial charge in [-0.05, 0) is 31.8 Å². The third-order valence-electron chi connectivity index (χ3n) is 2.22. The summed E-state index contributed by atoms with van der Waals surface area (Å²) < 4.78 is 26.5. The van der Waals surface area contributed by atoms with Crippen molar-refractivity contribution in [2.45, 2.75) is 11.8 Å². The zero-order valence-electron chi connectivity index (χ0n) is 10.8. The van der Waals surface area contributed by atoms with Gasteiger partial charge in [-0.3, -0.25) is 9.71 Å². The van der Waals surface area contributed by atoms with Crippen molar-refractivity contribution in [1.82, 2.24) is 4.72 Å². The summed E-state index contributed by atoms with van der Waals surface area (Å²) in [6, 6.07) is 3.85. The second-order valence-corrected chi connectivity index (χ2v) is 6.81. The van der Waals surface area contributed by atoms with Crippen molar-refractivity contribution < 1.29 is 13.5 Å². The van der Waals surface area contributed by atoms with Crippen molar-refractivity contribution in [2.24, 2.45) is 4.99 Å². The van der Waals surface area contributed by atoms with Gasteiger partial charge in [-0.2, -0.15) is 0 Å². The molecule has 0 aliphatic carbocycles. The van der Waals surface area contributed by atoms with Crippen molar-refractivity contribution in [3.05, 3.63) is 50.9 Å². The molecule has 0 aliphatic heterocycles. The Morgan fingerprint density at radius 3 is 2.33 bits per heavy atom. The Bertz CT molecular complexity index is 707. The van der Waals surface area contributed by atoms with E-state index in [4.69, 9.17) is 34.8 Å². The van der Waals surface area contributed by atoms with Crippen LogP contribution in [0.15, 0.2) is 50.8 Å². The summed E-state index contributed by atoms with van der Waals surface area (Å²) in [7, 11) is -3.97. The van der Waals surface area contributed by atoms with E-state index in [1.807, 2.05) is 0 Å². The van der Waals surface area contributed by atoms with E-state index < -0.39 is 15.8 Å². The van der Waals surface area contributed by atoms with Gasteiger partial charge in [0, 0.05) is 16.2 Å². The maximum absolute atomic E-state index is 12.2. The number of benzene rings is 1. The quantitative estimate of drug-likeness (QED) is 0.470. The summed E-state index contributed by atoms with van der Waals surface area (Å²) in [5.41, 5.74) is -0.0870. The maximum Gasteiger partial charge on any atom is 0.261 e. The van der Waals surface area contributed by atoms with Crippen LogP contribution in [0.5, 0.6) is 0 Å². The molecule has 9 heteroatoms. The van der Waals surface area contributed by atoms with Crippen molar-refractivity contribution in [3.63, 3.8) is 0 Å². The van der Waals surface area contributed by atoms with Gasteiger partial charge in [0.15, 0.2) is 5.76 Å². The summed E-state index contributed by atoms with van der Waals surface area (Å²) in [4.78, 5) is 3.22. The molecule has 0 amide bonds. The monoisotopic (exact) mass is 368 g/mol. The molecular formula is C12H11Cl3N2O3S. The number of aliphatic imine (C=N–C) groups is 1. The first kappa shape index (κ1) is 17.8. The molecule has 0 atom stereocenters. The maximum atomic E-state index is 12.2. The lowest BCUT2D eigenvalue weighted by Gasteiger charge is -2.10. The molecule has 1 aromatic rings. The zero-order valence-corrected chi connectivity index (χ0v) is 13.9. The summed E-state index contributed by atoms with van der Waals surface area (Å²) in [5.74, 6) is -0.472. The number of nitrogens with one attached hydrogen (secondary N) is 1. The van der Waals surface area contributed by atoms with Crippen molar-refractivity contribution in [2.75, 3.05) is 0 Å². The van der Waals surface area contributed by atoms with E-state index in [1.165, 1.54) is 25.1 Å². The fourth-order valence-electron chi connectivity index (χ4n) is 1.31. The Balaban J connectivity index is 3.19. The molecular weight excluding hydrogens is 359 g/mol. The standard InChI is InChI=1S/C12H11Cl3N2O3S/c1-7(12(18)11(15)6-16-2)17-21(19,20)10-4-8(13)3-9(14)5-10/h3-6,17-18H,2H2,1H3/b11-6+,12-7-. The predicted octanol–water partition coefficient (Wildman–Crippen LogP) is 3.84. The molecule has 1 rings (SSSR count). The number of hydrogen-bond donors (Lipinski definition) is 2. The normalized spacial score (nSPS) is 13.6. The number of sulfonamides is 1. The van der Waals surface area contributed by atoms with E-state index in [9.17, 15) is 13.5 Å². The van der Waals surface area contributed by atoms with E-state index >= 15 is 0 Å². The Hall–Kier alpha value is -1.21. The molecule has 1 aromatic carbocycles. The number of hydrogen-bond acceptors (Lipinski definition) is 4. The smallest absolute Gasteiger partial charge is 0.261 e.